The summed E-state index contributed by atoms with van der Waals surface area (Å²) in [5.74, 6) is -1.61. The number of fused-ring (bicyclic) bond motifs is 2. The molecule has 2 aliphatic heterocycles. The zero-order chi connectivity index (χ0) is 24.5. The smallest absolute Gasteiger partial charge is 0.331 e. The first-order valence-electron chi connectivity index (χ1n) is 10.7. The highest BCUT2D eigenvalue weighted by molar-refractivity contribution is 6.33. The van der Waals surface area contributed by atoms with E-state index >= 15 is 0 Å². The van der Waals surface area contributed by atoms with E-state index in [1.165, 1.54) is 25.3 Å². The van der Waals surface area contributed by atoms with Crippen molar-refractivity contribution >= 4 is 34.6 Å². The highest BCUT2D eigenvalue weighted by Gasteiger charge is 2.50. The molecule has 2 aliphatic rings. The maximum Gasteiger partial charge on any atom is 0.331 e. The molecular weight excluding hydrogens is 490 g/mol. The number of hydrogen-bond acceptors (Lipinski definition) is 9. The number of imidazole rings is 1. The van der Waals surface area contributed by atoms with Crippen molar-refractivity contribution in [3.05, 3.63) is 46.5 Å². The van der Waals surface area contributed by atoms with E-state index in [4.69, 9.17) is 30.5 Å². The van der Waals surface area contributed by atoms with E-state index in [-0.39, 0.29) is 48.8 Å². The first-order valence-corrected chi connectivity index (χ1v) is 11.1. The summed E-state index contributed by atoms with van der Waals surface area (Å²) >= 11 is 6.29. The van der Waals surface area contributed by atoms with Gasteiger partial charge in [-0.15, -0.1) is 0 Å². The van der Waals surface area contributed by atoms with Gasteiger partial charge in [0.1, 0.15) is 42.4 Å². The van der Waals surface area contributed by atoms with Crippen LogP contribution in [0.2, 0.25) is 5.02 Å². The van der Waals surface area contributed by atoms with Gasteiger partial charge in [0.05, 0.1) is 30.9 Å². The minimum atomic E-state index is -0.672. The van der Waals surface area contributed by atoms with Crippen molar-refractivity contribution in [1.29, 1.82) is 0 Å². The monoisotopic (exact) mass is 510 g/mol. The molecule has 3 aromatic rings. The van der Waals surface area contributed by atoms with Gasteiger partial charge in [0, 0.05) is 12.1 Å². The molecule has 0 aliphatic carbocycles. The minimum Gasteiger partial charge on any atom is -0.467 e. The van der Waals surface area contributed by atoms with E-state index < -0.39 is 42.0 Å². The van der Waals surface area contributed by atoms with Crippen LogP contribution in [0.15, 0.2) is 24.3 Å². The molecule has 0 unspecified atom stereocenters. The Balaban J connectivity index is 1.25. The summed E-state index contributed by atoms with van der Waals surface area (Å²) in [4.78, 5) is 23.0. The number of anilines is 1. The molecule has 2 aromatic heterocycles. The van der Waals surface area contributed by atoms with Gasteiger partial charge in [-0.1, -0.05) is 17.7 Å². The van der Waals surface area contributed by atoms with Crippen molar-refractivity contribution in [2.45, 2.75) is 31.0 Å². The molecule has 4 heterocycles. The van der Waals surface area contributed by atoms with Crippen LogP contribution in [-0.2, 0) is 30.3 Å². The van der Waals surface area contributed by atoms with Gasteiger partial charge in [-0.3, -0.25) is 0 Å². The number of benzene rings is 1. The quantitative estimate of drug-likeness (QED) is 0.441. The Morgan fingerprint density at radius 2 is 1.91 bits per heavy atom. The van der Waals surface area contributed by atoms with Gasteiger partial charge in [-0.25, -0.2) is 18.6 Å². The lowest BCUT2D eigenvalue weighted by molar-refractivity contribution is -0.150. The Labute approximate surface area is 202 Å². The van der Waals surface area contributed by atoms with Gasteiger partial charge in [-0.2, -0.15) is 4.98 Å². The molecule has 4 atom stereocenters. The van der Waals surface area contributed by atoms with Crippen molar-refractivity contribution in [2.75, 3.05) is 32.2 Å². The normalized spacial score (nSPS) is 23.4. The SMILES string of the molecule is COC(=O)CO[C@@H]1CO[C@H]2[C@@H]1OC[C@H]2Oc1nc2nc(NCc3c(F)cccc3F)c(Cl)cc2[nH]1. The van der Waals surface area contributed by atoms with Gasteiger partial charge < -0.3 is 34.0 Å². The first kappa shape index (κ1) is 23.7. The minimum absolute atomic E-state index is 0.127. The number of aromatic nitrogens is 3. The predicted octanol–water partition coefficient (Wildman–Crippen LogP) is 2.60. The van der Waals surface area contributed by atoms with Crippen molar-refractivity contribution in [2.24, 2.45) is 0 Å². The predicted molar refractivity (Wildman–Crippen MR) is 118 cm³/mol. The number of carbonyl (C=O) groups is 1. The molecule has 0 radical (unpaired) electrons. The number of hydrogen-bond donors (Lipinski definition) is 2. The van der Waals surface area contributed by atoms with Gasteiger partial charge in [0.25, 0.3) is 6.01 Å². The summed E-state index contributed by atoms with van der Waals surface area (Å²) in [6.45, 7) is 0.142. The lowest BCUT2D eigenvalue weighted by Crippen LogP contribution is -2.36. The van der Waals surface area contributed by atoms with E-state index in [0.29, 0.717) is 11.2 Å². The number of nitrogens with one attached hydrogen (secondary N) is 2. The topological polar surface area (TPSA) is 117 Å². The second-order valence-electron chi connectivity index (χ2n) is 7.96. The van der Waals surface area contributed by atoms with Crippen LogP contribution in [0, 0.1) is 11.6 Å². The number of pyridine rings is 1. The van der Waals surface area contributed by atoms with Crippen LogP contribution in [0.1, 0.15) is 5.56 Å². The zero-order valence-electron chi connectivity index (χ0n) is 18.4. The van der Waals surface area contributed by atoms with E-state index in [0.717, 1.165) is 0 Å². The number of aromatic amines is 1. The number of carbonyl (C=O) groups excluding carboxylic acids is 1. The number of esters is 1. The van der Waals surface area contributed by atoms with Crippen molar-refractivity contribution in [1.82, 2.24) is 15.0 Å². The molecule has 13 heteroatoms. The summed E-state index contributed by atoms with van der Waals surface area (Å²) in [6.07, 6.45) is -1.69. The molecule has 2 N–H and O–H groups in total. The summed E-state index contributed by atoms with van der Waals surface area (Å²) in [6, 6.07) is 5.40. The van der Waals surface area contributed by atoms with Gasteiger partial charge in [0.15, 0.2) is 11.8 Å². The molecule has 2 fully saturated rings. The molecule has 5 rings (SSSR count). The molecule has 0 spiro atoms. The number of H-pyrrole nitrogens is 1. The van der Waals surface area contributed by atoms with Crippen LogP contribution in [-0.4, -0.2) is 72.3 Å². The fourth-order valence-corrected chi connectivity index (χ4v) is 4.22. The number of methoxy groups -OCH3 is 1. The van der Waals surface area contributed by atoms with Crippen LogP contribution >= 0.6 is 11.6 Å². The molecule has 10 nitrogen and oxygen atoms in total. The molecule has 35 heavy (non-hydrogen) atoms. The summed E-state index contributed by atoms with van der Waals surface area (Å²) in [7, 11) is 1.28. The Morgan fingerprint density at radius 1 is 1.20 bits per heavy atom. The van der Waals surface area contributed by atoms with Crippen LogP contribution in [0.5, 0.6) is 6.01 Å². The fraction of sp³-hybridized carbons (Fsp3) is 0.409. The first-order chi connectivity index (χ1) is 16.9. The lowest BCUT2D eigenvalue weighted by Gasteiger charge is -2.16. The largest absolute Gasteiger partial charge is 0.467 e. The van der Waals surface area contributed by atoms with Crippen molar-refractivity contribution in [3.63, 3.8) is 0 Å². The number of nitrogens with zero attached hydrogens (tertiary/aromatic N) is 2. The summed E-state index contributed by atoms with van der Waals surface area (Å²) < 4.78 is 55.4. The third kappa shape index (κ3) is 4.87. The number of halogens is 3. The molecular formula is C22H21ClF2N4O6. The maximum atomic E-state index is 13.9. The van der Waals surface area contributed by atoms with E-state index in [1.54, 1.807) is 6.07 Å². The standard InChI is InChI=1S/C22H21ClF2N4O6/c1-31-17(30)9-32-15-7-33-19-16(8-34-18(15)19)35-22-27-14-5-11(23)20(28-21(14)29-22)26-6-10-12(24)3-2-4-13(10)25/h2-5,15-16,18-19H,6-9H2,1H3,(H2,26,27,28,29)/t15-,16-,18-,19-/m1/s1. The highest BCUT2D eigenvalue weighted by atomic mass is 35.5. The molecule has 0 saturated carbocycles. The van der Waals surface area contributed by atoms with Crippen LogP contribution in [0.3, 0.4) is 0 Å². The fourth-order valence-electron chi connectivity index (χ4n) is 4.00. The van der Waals surface area contributed by atoms with Crippen molar-refractivity contribution in [3.8, 4) is 6.01 Å². The third-order valence-corrected chi connectivity index (χ3v) is 6.06. The Kier molecular flexibility index (Phi) is 6.69. The lowest BCUT2D eigenvalue weighted by atomic mass is 10.1. The highest BCUT2D eigenvalue weighted by Crippen LogP contribution is 2.32. The second kappa shape index (κ2) is 9.90. The molecule has 0 bridgehead atoms. The zero-order valence-corrected chi connectivity index (χ0v) is 19.2. The van der Waals surface area contributed by atoms with Crippen LogP contribution in [0.25, 0.3) is 11.2 Å². The van der Waals surface area contributed by atoms with E-state index in [1.807, 2.05) is 0 Å². The molecule has 0 amide bonds. The number of rotatable bonds is 8. The second-order valence-corrected chi connectivity index (χ2v) is 8.37. The third-order valence-electron chi connectivity index (χ3n) is 5.77. The van der Waals surface area contributed by atoms with Gasteiger partial charge in [-0.05, 0) is 18.2 Å². The number of ether oxygens (including phenoxy) is 5. The molecule has 2 saturated heterocycles. The van der Waals surface area contributed by atoms with Gasteiger partial charge >= 0.3 is 5.97 Å². The molecule has 186 valence electrons. The summed E-state index contributed by atoms with van der Waals surface area (Å²) in [5.41, 5.74) is 0.676. The summed E-state index contributed by atoms with van der Waals surface area (Å²) in [5, 5.41) is 3.07. The Bertz CT molecular complexity index is 1220. The molecule has 1 aromatic carbocycles. The van der Waals surface area contributed by atoms with Crippen molar-refractivity contribution < 1.29 is 37.3 Å². The van der Waals surface area contributed by atoms with Gasteiger partial charge in [0.2, 0.25) is 0 Å². The average molecular weight is 511 g/mol. The Morgan fingerprint density at radius 3 is 2.66 bits per heavy atom. The van der Waals surface area contributed by atoms with Crippen LogP contribution < -0.4 is 10.1 Å². The van der Waals surface area contributed by atoms with E-state index in [2.05, 4.69) is 25.0 Å². The van der Waals surface area contributed by atoms with Crippen LogP contribution in [0.4, 0.5) is 14.6 Å². The van der Waals surface area contributed by atoms with E-state index in [9.17, 15) is 13.6 Å². The maximum absolute atomic E-state index is 13.9. The Hall–Kier alpha value is -3.06. The average Bonchev–Trinajstić information content (AvgIpc) is 3.53.